The first-order chi connectivity index (χ1) is 5.36. The number of pyridine rings is 1. The predicted molar refractivity (Wildman–Crippen MR) is 41.7 cm³/mol. The van der Waals surface area contributed by atoms with Gasteiger partial charge in [0, 0.05) is 6.07 Å². The SMILES string of the molecule is [C-]#[N+]c1cccc(OCC)n1. The van der Waals surface area contributed by atoms with Gasteiger partial charge in [0.25, 0.3) is 5.82 Å². The second-order valence-corrected chi connectivity index (χ2v) is 1.88. The van der Waals surface area contributed by atoms with E-state index in [4.69, 9.17) is 11.3 Å². The molecule has 0 unspecified atom stereocenters. The summed E-state index contributed by atoms with van der Waals surface area (Å²) in [5.74, 6) is 0.886. The second kappa shape index (κ2) is 3.57. The van der Waals surface area contributed by atoms with E-state index >= 15 is 0 Å². The van der Waals surface area contributed by atoms with Gasteiger partial charge in [-0.25, -0.2) is 0 Å². The lowest BCUT2D eigenvalue weighted by atomic mass is 10.4. The first kappa shape index (κ1) is 7.55. The molecule has 0 aliphatic rings. The fourth-order valence-electron chi connectivity index (χ4n) is 0.694. The molecule has 3 nitrogen and oxygen atoms in total. The highest BCUT2D eigenvalue weighted by molar-refractivity contribution is 5.37. The minimum Gasteiger partial charge on any atom is -0.461 e. The Hall–Kier alpha value is -1.56. The third-order valence-electron chi connectivity index (χ3n) is 1.12. The van der Waals surface area contributed by atoms with Crippen molar-refractivity contribution in [2.75, 3.05) is 6.61 Å². The summed E-state index contributed by atoms with van der Waals surface area (Å²) >= 11 is 0. The third kappa shape index (κ3) is 1.94. The minimum absolute atomic E-state index is 0.371. The van der Waals surface area contributed by atoms with Crippen LogP contribution < -0.4 is 4.74 Å². The van der Waals surface area contributed by atoms with Gasteiger partial charge in [-0.2, -0.15) is 0 Å². The van der Waals surface area contributed by atoms with Gasteiger partial charge in [0.2, 0.25) is 0 Å². The van der Waals surface area contributed by atoms with Crippen molar-refractivity contribution in [3.8, 4) is 5.88 Å². The molecule has 0 bridgehead atoms. The van der Waals surface area contributed by atoms with Crippen LogP contribution in [0.3, 0.4) is 0 Å². The van der Waals surface area contributed by atoms with Gasteiger partial charge in [0.15, 0.2) is 0 Å². The Kier molecular flexibility index (Phi) is 2.45. The number of nitrogens with zero attached hydrogens (tertiary/aromatic N) is 2. The van der Waals surface area contributed by atoms with Gasteiger partial charge in [-0.1, -0.05) is 17.6 Å². The molecule has 1 aromatic rings. The maximum Gasteiger partial charge on any atom is 0.309 e. The summed E-state index contributed by atoms with van der Waals surface area (Å²) in [6.07, 6.45) is 0. The van der Waals surface area contributed by atoms with Crippen LogP contribution in [0.25, 0.3) is 4.85 Å². The molecule has 0 spiro atoms. The van der Waals surface area contributed by atoms with Crippen molar-refractivity contribution in [3.63, 3.8) is 0 Å². The van der Waals surface area contributed by atoms with Crippen molar-refractivity contribution in [1.82, 2.24) is 4.98 Å². The molecule has 0 fully saturated rings. The van der Waals surface area contributed by atoms with Crippen molar-refractivity contribution < 1.29 is 4.74 Å². The van der Waals surface area contributed by atoms with E-state index < -0.39 is 0 Å². The van der Waals surface area contributed by atoms with E-state index in [0.717, 1.165) is 0 Å². The quantitative estimate of drug-likeness (QED) is 0.600. The Labute approximate surface area is 65.5 Å². The minimum atomic E-state index is 0.371. The lowest BCUT2D eigenvalue weighted by Gasteiger charge is -1.95. The Morgan fingerprint density at radius 3 is 3.09 bits per heavy atom. The molecule has 0 aliphatic carbocycles. The molecular formula is C8H8N2O. The highest BCUT2D eigenvalue weighted by Crippen LogP contribution is 2.13. The molecule has 1 aromatic heterocycles. The van der Waals surface area contributed by atoms with Crippen LogP contribution in [0.5, 0.6) is 5.88 Å². The van der Waals surface area contributed by atoms with E-state index in [9.17, 15) is 0 Å². The van der Waals surface area contributed by atoms with Crippen LogP contribution in [0, 0.1) is 6.57 Å². The highest BCUT2D eigenvalue weighted by atomic mass is 16.5. The van der Waals surface area contributed by atoms with E-state index in [2.05, 4.69) is 9.83 Å². The van der Waals surface area contributed by atoms with Crippen molar-refractivity contribution in [3.05, 3.63) is 29.6 Å². The molecule has 0 aliphatic heterocycles. The summed E-state index contributed by atoms with van der Waals surface area (Å²) in [5, 5.41) is 0. The summed E-state index contributed by atoms with van der Waals surface area (Å²) in [5.41, 5.74) is 0. The zero-order valence-corrected chi connectivity index (χ0v) is 6.24. The summed E-state index contributed by atoms with van der Waals surface area (Å²) in [4.78, 5) is 7.08. The fraction of sp³-hybridized carbons (Fsp3) is 0.250. The number of ether oxygens (including phenoxy) is 1. The Balaban J connectivity index is 2.85. The maximum atomic E-state index is 6.68. The van der Waals surface area contributed by atoms with Gasteiger partial charge in [-0.05, 0) is 13.0 Å². The number of hydrogen-bond acceptors (Lipinski definition) is 2. The van der Waals surface area contributed by atoms with Gasteiger partial charge < -0.3 is 9.58 Å². The second-order valence-electron chi connectivity index (χ2n) is 1.88. The van der Waals surface area contributed by atoms with E-state index in [0.29, 0.717) is 18.3 Å². The van der Waals surface area contributed by atoms with E-state index in [-0.39, 0.29) is 0 Å². The van der Waals surface area contributed by atoms with Crippen LogP contribution in [-0.2, 0) is 0 Å². The monoisotopic (exact) mass is 148 g/mol. The molecule has 56 valence electrons. The molecule has 1 heterocycles. The third-order valence-corrected chi connectivity index (χ3v) is 1.12. The molecule has 0 N–H and O–H groups in total. The smallest absolute Gasteiger partial charge is 0.309 e. The lowest BCUT2D eigenvalue weighted by Crippen LogP contribution is -1.92. The van der Waals surface area contributed by atoms with E-state index in [1.54, 1.807) is 18.2 Å². The van der Waals surface area contributed by atoms with Crippen molar-refractivity contribution in [2.45, 2.75) is 6.92 Å². The summed E-state index contributed by atoms with van der Waals surface area (Å²) < 4.78 is 5.09. The standard InChI is InChI=1S/C8H8N2O/c1-3-11-8-6-4-5-7(9-2)10-8/h4-6H,3H2,1H3. The van der Waals surface area contributed by atoms with Crippen molar-refractivity contribution in [2.24, 2.45) is 0 Å². The molecule has 1 rings (SSSR count). The van der Waals surface area contributed by atoms with Crippen LogP contribution in [-0.4, -0.2) is 11.6 Å². The van der Waals surface area contributed by atoms with Crippen molar-refractivity contribution in [1.29, 1.82) is 0 Å². The molecule has 0 saturated heterocycles. The number of rotatable bonds is 2. The summed E-state index contributed by atoms with van der Waals surface area (Å²) in [6, 6.07) is 5.14. The Morgan fingerprint density at radius 1 is 1.64 bits per heavy atom. The van der Waals surface area contributed by atoms with Gasteiger partial charge in [0.05, 0.1) is 6.61 Å². The van der Waals surface area contributed by atoms with Gasteiger partial charge in [-0.3, -0.25) is 0 Å². The van der Waals surface area contributed by atoms with Gasteiger partial charge >= 0.3 is 5.88 Å². The molecule has 11 heavy (non-hydrogen) atoms. The molecule has 0 amide bonds. The van der Waals surface area contributed by atoms with Crippen LogP contribution in [0.15, 0.2) is 18.2 Å². The molecule has 0 atom stereocenters. The zero-order valence-electron chi connectivity index (χ0n) is 6.24. The Morgan fingerprint density at radius 2 is 2.45 bits per heavy atom. The molecule has 0 saturated carbocycles. The molecular weight excluding hydrogens is 140 g/mol. The van der Waals surface area contributed by atoms with E-state index in [1.807, 2.05) is 6.92 Å². The van der Waals surface area contributed by atoms with Crippen LogP contribution >= 0.6 is 0 Å². The van der Waals surface area contributed by atoms with Crippen LogP contribution in [0.1, 0.15) is 6.92 Å². The topological polar surface area (TPSA) is 26.5 Å². The normalized spacial score (nSPS) is 8.73. The molecule has 3 heteroatoms. The number of hydrogen-bond donors (Lipinski definition) is 0. The first-order valence-corrected chi connectivity index (χ1v) is 3.34. The average molecular weight is 148 g/mol. The maximum absolute atomic E-state index is 6.68. The molecule has 0 aromatic carbocycles. The fourth-order valence-corrected chi connectivity index (χ4v) is 0.694. The largest absolute Gasteiger partial charge is 0.461 e. The lowest BCUT2D eigenvalue weighted by molar-refractivity contribution is 0.327. The van der Waals surface area contributed by atoms with Gasteiger partial charge in [-0.15, -0.1) is 0 Å². The van der Waals surface area contributed by atoms with Crippen molar-refractivity contribution >= 4 is 5.82 Å². The number of aromatic nitrogens is 1. The molecule has 0 radical (unpaired) electrons. The zero-order chi connectivity index (χ0) is 8.10. The average Bonchev–Trinajstić information content (AvgIpc) is 2.06. The van der Waals surface area contributed by atoms with Crippen LogP contribution in [0.4, 0.5) is 5.82 Å². The summed E-state index contributed by atoms with van der Waals surface area (Å²) in [6.45, 7) is 9.14. The van der Waals surface area contributed by atoms with Gasteiger partial charge in [0.1, 0.15) is 0 Å². The predicted octanol–water partition coefficient (Wildman–Crippen LogP) is 2.03. The highest BCUT2D eigenvalue weighted by Gasteiger charge is 1.98. The van der Waals surface area contributed by atoms with Crippen LogP contribution in [0.2, 0.25) is 0 Å². The first-order valence-electron chi connectivity index (χ1n) is 3.34. The van der Waals surface area contributed by atoms with E-state index in [1.165, 1.54) is 0 Å². The summed E-state index contributed by atoms with van der Waals surface area (Å²) in [7, 11) is 0. The Bertz CT molecular complexity index is 278.